The molecule has 0 bridgehead atoms. The maximum Gasteiger partial charge on any atom is 1.00 e. The summed E-state index contributed by atoms with van der Waals surface area (Å²) in [5.74, 6) is 0. The fourth-order valence-corrected chi connectivity index (χ4v) is 20.5. The van der Waals surface area contributed by atoms with Gasteiger partial charge >= 0.3 is 41.7 Å². The molecule has 2 aromatic carbocycles. The van der Waals surface area contributed by atoms with E-state index in [1.165, 1.54) is 0 Å². The summed E-state index contributed by atoms with van der Waals surface area (Å²) >= 11 is 0. The molecule has 0 heterocycles. The Kier molecular flexibility index (Phi) is 56.5. The van der Waals surface area contributed by atoms with Crippen LogP contribution in [-0.4, -0.2) is 163 Å². The van der Waals surface area contributed by atoms with Crippen molar-refractivity contribution in [2.24, 2.45) is 0 Å². The van der Waals surface area contributed by atoms with Crippen molar-refractivity contribution in [3.8, 4) is 0 Å². The number of alkyl halides is 1. The Bertz CT molecular complexity index is 1800. The van der Waals surface area contributed by atoms with Gasteiger partial charge < -0.3 is 68.7 Å². The molecule has 20 heteroatoms. The molecule has 2 aromatic rings. The van der Waals surface area contributed by atoms with Gasteiger partial charge in [0.25, 0.3) is 0 Å². The summed E-state index contributed by atoms with van der Waals surface area (Å²) < 4.78 is 79.5. The Morgan fingerprint density at radius 3 is 1.21 bits per heavy atom. The number of alkyl carbamates (subject to hydrolysis) is 2. The van der Waals surface area contributed by atoms with Gasteiger partial charge in [-0.05, 0) is 99.2 Å². The van der Waals surface area contributed by atoms with Crippen molar-refractivity contribution in [2.45, 2.75) is 230 Å². The molecule has 2 amide bonds. The normalized spacial score (nSPS) is 12.5. The second-order valence-corrected chi connectivity index (χ2v) is 34.8. The van der Waals surface area contributed by atoms with E-state index in [-0.39, 0.29) is 72.1 Å². The van der Waals surface area contributed by atoms with Crippen LogP contribution in [0.15, 0.2) is 60.7 Å². The fourth-order valence-electron chi connectivity index (χ4n) is 9.65. The first kappa shape index (κ1) is 89.4. The molecule has 0 aliphatic carbocycles. The number of ether oxygens (including phenoxy) is 9. The fraction of sp³-hybridized carbons (Fsp3) is 0.785. The first-order valence-corrected chi connectivity index (χ1v) is 34.2. The molecule has 0 saturated heterocycles. The van der Waals surface area contributed by atoms with Gasteiger partial charge in [0.15, 0.2) is 16.6 Å². The summed E-state index contributed by atoms with van der Waals surface area (Å²) in [6.45, 7) is 47.9. The van der Waals surface area contributed by atoms with Crippen LogP contribution in [0.25, 0.3) is 0 Å². The van der Waals surface area contributed by atoms with E-state index in [0.29, 0.717) is 112 Å². The van der Waals surface area contributed by atoms with E-state index < -0.39 is 52.8 Å². The van der Waals surface area contributed by atoms with Crippen LogP contribution in [0, 0.1) is 0 Å². The molecule has 0 fully saturated rings. The van der Waals surface area contributed by atoms with Gasteiger partial charge in [-0.1, -0.05) is 166 Å². The number of aliphatic hydroxyl groups is 1. The van der Waals surface area contributed by atoms with Crippen LogP contribution in [0.1, 0.15) is 174 Å². The molecule has 498 valence electrons. The average Bonchev–Trinajstić information content (AvgIpc) is 1.44. The minimum Gasteiger partial charge on any atom is -1.00 e. The van der Waals surface area contributed by atoms with Gasteiger partial charge in [0.05, 0.1) is 99.2 Å². The number of hydrogen-bond donors (Lipinski definition) is 3. The van der Waals surface area contributed by atoms with E-state index >= 15 is 0 Å². The van der Waals surface area contributed by atoms with Crippen LogP contribution in [0.4, 0.5) is 14.0 Å². The topological polar surface area (TPSA) is 180 Å². The molecule has 0 radical (unpaired) electrons. The van der Waals surface area contributed by atoms with Gasteiger partial charge in [0, 0.05) is 21.1 Å². The second kappa shape index (κ2) is 53.7. The maximum atomic E-state index is 11.8. The molecule has 85 heavy (non-hydrogen) atoms. The van der Waals surface area contributed by atoms with Gasteiger partial charge in [-0.25, -0.2) is 9.59 Å². The maximum absolute atomic E-state index is 11.8. The third kappa shape index (κ3) is 45.8. The number of aliphatic hydroxyl groups excluding tert-OH is 1. The van der Waals surface area contributed by atoms with E-state index in [1.807, 2.05) is 81.4 Å². The summed E-state index contributed by atoms with van der Waals surface area (Å²) in [4.78, 5) is 23.2. The Labute approximate surface area is 546 Å². The van der Waals surface area contributed by atoms with Crippen LogP contribution in [0.2, 0.25) is 33.2 Å². The van der Waals surface area contributed by atoms with Crippen LogP contribution in [0.5, 0.6) is 0 Å². The molecule has 2 rings (SSSR count). The Morgan fingerprint density at radius 1 is 0.529 bits per heavy atom. The number of hydrogen-bond acceptors (Lipinski definition) is 14. The van der Waals surface area contributed by atoms with Crippen molar-refractivity contribution in [3.63, 3.8) is 0 Å². The van der Waals surface area contributed by atoms with Crippen molar-refractivity contribution >= 4 is 28.8 Å². The smallest absolute Gasteiger partial charge is 1.00 e. The third-order valence-electron chi connectivity index (χ3n) is 12.8. The molecule has 16 nitrogen and oxygen atoms in total. The van der Waals surface area contributed by atoms with E-state index in [1.54, 1.807) is 20.8 Å². The summed E-state index contributed by atoms with van der Waals surface area (Å²) in [5.41, 5.74) is 4.75. The van der Waals surface area contributed by atoms with Gasteiger partial charge in [-0.3, -0.25) is 4.39 Å². The SMILES string of the molecule is C.C.CC(C)(C)OC(=O)NCCOC[C@@H](O)COCc1ccccc1.CC(C)[Si](OCCOCCO[C@H](COCCNC(=O)OC(C)(C)C)COCc1ccccc1)(C(C)C)C(C)C.CCCOCCO[Si](C(C)C)(C(C)C)C(C)C.[2H]CCF.[H-].[Na+]. The minimum absolute atomic E-state index is 0. The molecule has 0 aliphatic heterocycles. The summed E-state index contributed by atoms with van der Waals surface area (Å²) in [5, 5.41) is 15.0. The monoisotopic (exact) mass is 1260 g/mol. The molecule has 0 saturated carbocycles. The standard InChI is InChI=1S/C30H55NO7Si.C17H27NO5.C14H32O2Si.C2H5F.2CH4.Na.H/c1-24(2)39(25(3)4,26(5)6)37-20-18-33-17-19-36-28(23-35-21-27-13-11-10-12-14-27)22-34-16-15-31-29(32)38-30(7,8)9;1-17(2,3)23-16(20)18-9-10-21-12-15(19)13-22-11-14-7-5-4-6-8-14;1-8-9-15-10-11-16-17(12(2)3,13(4)5)14(6)7;1-2-3;;;;/h10-14,24-26,28H,15-23H2,1-9H3,(H,31,32);4-8,15,19H,9-13H2,1-3H3,(H,18,20);12-14H,8-11H2,1-7H3;2H2,1H3;2*1H4;;/q;;;;;;+1;-1/t28-;15-;;;;;;/m11....../s1/i;;;1D;;;;. The number of benzene rings is 2. The zero-order valence-corrected chi connectivity index (χ0v) is 59.7. The summed E-state index contributed by atoms with van der Waals surface area (Å²) in [7, 11) is -3.54. The van der Waals surface area contributed by atoms with E-state index in [2.05, 4.69) is 101 Å². The number of carbonyl (C=O) groups excluding carboxylic acids is 2. The Hall–Kier alpha value is -2.06. The van der Waals surface area contributed by atoms with Crippen LogP contribution < -0.4 is 40.2 Å². The van der Waals surface area contributed by atoms with E-state index in [9.17, 15) is 19.1 Å². The number of carbonyl (C=O) groups is 2. The van der Waals surface area contributed by atoms with E-state index in [0.717, 1.165) is 37.4 Å². The molecule has 0 spiro atoms. The van der Waals surface area contributed by atoms with Crippen molar-refractivity contribution in [3.05, 3.63) is 71.8 Å². The predicted octanol–water partition coefficient (Wildman–Crippen LogP) is 12.4. The van der Waals surface area contributed by atoms with Crippen LogP contribution in [-0.2, 0) is 64.7 Å². The van der Waals surface area contributed by atoms with Gasteiger partial charge in [-0.2, -0.15) is 0 Å². The van der Waals surface area contributed by atoms with E-state index in [4.69, 9.17) is 52.9 Å². The summed E-state index contributed by atoms with van der Waals surface area (Å²) in [6.07, 6.45) is -0.798. The predicted molar refractivity (Wildman–Crippen MR) is 350 cm³/mol. The minimum atomic E-state index is -1.88. The van der Waals surface area contributed by atoms with Gasteiger partial charge in [0.1, 0.15) is 23.4 Å². The van der Waals surface area contributed by atoms with Crippen LogP contribution >= 0.6 is 0 Å². The number of halogens is 1. The van der Waals surface area contributed by atoms with Crippen LogP contribution in [0.3, 0.4) is 0 Å². The molecule has 0 aromatic heterocycles. The third-order valence-corrected chi connectivity index (χ3v) is 25.0. The first-order chi connectivity index (χ1) is 39.1. The number of rotatable bonds is 38. The molecule has 2 atom stereocenters. The average molecular weight is 1260 g/mol. The second-order valence-electron chi connectivity index (χ2n) is 23.9. The van der Waals surface area contributed by atoms with Crippen molar-refractivity contribution in [1.29, 1.82) is 0 Å². The Balaban J connectivity index is -0.000000291. The molecule has 0 unspecified atom stereocenters. The first-order valence-electron chi connectivity index (χ1n) is 30.7. The summed E-state index contributed by atoms with van der Waals surface area (Å²) in [6, 6.07) is 19.8. The van der Waals surface area contributed by atoms with Crippen molar-refractivity contribution in [2.75, 3.05) is 106 Å². The van der Waals surface area contributed by atoms with Gasteiger partial charge in [0.2, 0.25) is 0 Å². The quantitative estimate of drug-likeness (QED) is 0.0427. The van der Waals surface area contributed by atoms with Crippen molar-refractivity contribution < 1.29 is 103 Å². The van der Waals surface area contributed by atoms with Gasteiger partial charge in [-0.15, -0.1) is 0 Å². The molecule has 3 N–H and O–H groups in total. The number of amides is 2. The Morgan fingerprint density at radius 2 is 0.859 bits per heavy atom. The molecular formula is C65H128FN2NaO14Si2. The molecular weight excluding hydrogens is 1130 g/mol. The zero-order valence-electron chi connectivity index (χ0n) is 57.7. The molecule has 0 aliphatic rings. The number of nitrogens with one attached hydrogen (secondary N) is 2. The largest absolute Gasteiger partial charge is 1.00 e. The van der Waals surface area contributed by atoms with Crippen molar-refractivity contribution in [1.82, 2.24) is 10.6 Å². The zero-order chi connectivity index (χ0) is 63.3.